The van der Waals surface area contributed by atoms with E-state index in [1.807, 2.05) is 41.5 Å². The molecule has 5 fully saturated rings. The Morgan fingerprint density at radius 3 is 1.50 bits per heavy atom. The molecule has 5 saturated carbocycles. The highest BCUT2D eigenvalue weighted by molar-refractivity contribution is 6.03. The maximum absolute atomic E-state index is 14.3. The van der Waals surface area contributed by atoms with Crippen molar-refractivity contribution in [1.29, 1.82) is 0 Å². The highest BCUT2D eigenvalue weighted by Crippen LogP contribution is 2.84. The molecule has 0 aromatic rings. The second kappa shape index (κ2) is 10.3. The molecular weight excluding hydrogens is 488 g/mol. The van der Waals surface area contributed by atoms with Crippen LogP contribution in [0.2, 0.25) is 0 Å². The smallest absolute Gasteiger partial charge is 0.307 e. The van der Waals surface area contributed by atoms with Gasteiger partial charge in [0.25, 0.3) is 0 Å². The van der Waals surface area contributed by atoms with Crippen LogP contribution in [0.3, 0.4) is 0 Å². The molecule has 0 aliphatic heterocycles. The summed E-state index contributed by atoms with van der Waals surface area (Å²) in [5.74, 6) is -6.98. The number of fused-ring (bicyclic) bond motifs is 6. The fourth-order valence-electron chi connectivity index (χ4n) is 10.0. The number of nitrogens with one attached hydrogen (secondary N) is 2. The number of carboxylic acid groups (broad SMARTS) is 2. The lowest BCUT2D eigenvalue weighted by atomic mass is 9.29. The molecule has 9 heteroatoms. The lowest BCUT2D eigenvalue weighted by Gasteiger charge is -2.72. The minimum Gasteiger partial charge on any atom is -0.481 e. The number of aliphatic carboxylic acids is 2. The summed E-state index contributed by atoms with van der Waals surface area (Å²) < 4.78 is 0. The SMILES string of the molecule is CC.CC.CCNC(=O)C1C2CC(C1C(=O)O)C1(C2)C(=O)C2(CC3CC2C(C(=O)O)C3C(=O)NC)C1(C)C. The molecule has 0 saturated heterocycles. The third kappa shape index (κ3) is 3.38. The average Bonchev–Trinajstić information content (AvgIpc) is 3.67. The van der Waals surface area contributed by atoms with Gasteiger partial charge in [0.1, 0.15) is 5.78 Å². The molecular formula is C29H46N2O7. The standard InChI is InChI=1S/C25H34N2O7.2C2H6/c1-5-27-19(29)15-11-7-13(17(15)21(32)33)25(9-11)22(34)24(23(25,2)3)8-10-6-12(24)16(20(30)31)14(10)18(28)26-4;2*1-2/h10-17H,5-9H2,1-4H3,(H,26,28)(H,27,29)(H,30,31)(H,32,33);2*1-2H3. The van der Waals surface area contributed by atoms with Crippen molar-refractivity contribution >= 4 is 29.5 Å². The lowest BCUT2D eigenvalue weighted by molar-refractivity contribution is -0.236. The summed E-state index contributed by atoms with van der Waals surface area (Å²) in [6, 6.07) is 0. The monoisotopic (exact) mass is 534 g/mol. The van der Waals surface area contributed by atoms with E-state index in [1.165, 1.54) is 7.05 Å². The zero-order chi connectivity index (χ0) is 29.0. The second-order valence-corrected chi connectivity index (χ2v) is 11.8. The van der Waals surface area contributed by atoms with Crippen molar-refractivity contribution in [2.75, 3.05) is 13.6 Å². The molecule has 4 bridgehead atoms. The summed E-state index contributed by atoms with van der Waals surface area (Å²) in [4.78, 5) is 64.3. The van der Waals surface area contributed by atoms with Crippen molar-refractivity contribution in [2.45, 2.75) is 74.1 Å². The van der Waals surface area contributed by atoms with Crippen LogP contribution in [0.25, 0.3) is 0 Å². The minimum atomic E-state index is -1.04. The van der Waals surface area contributed by atoms with Gasteiger partial charge in [0.15, 0.2) is 0 Å². The topological polar surface area (TPSA) is 150 Å². The highest BCUT2D eigenvalue weighted by Gasteiger charge is 2.87. The van der Waals surface area contributed by atoms with E-state index in [9.17, 15) is 34.2 Å². The maximum atomic E-state index is 14.3. The van der Waals surface area contributed by atoms with Gasteiger partial charge in [-0.3, -0.25) is 24.0 Å². The van der Waals surface area contributed by atoms with Crippen LogP contribution in [0.1, 0.15) is 74.1 Å². The van der Waals surface area contributed by atoms with E-state index in [-0.39, 0.29) is 29.4 Å². The Balaban J connectivity index is 0.000000956. The Kier molecular flexibility index (Phi) is 8.13. The van der Waals surface area contributed by atoms with E-state index in [1.54, 1.807) is 6.92 Å². The van der Waals surface area contributed by atoms with Gasteiger partial charge >= 0.3 is 11.9 Å². The van der Waals surface area contributed by atoms with E-state index in [0.717, 1.165) is 0 Å². The number of carboxylic acids is 2. The highest BCUT2D eigenvalue weighted by atomic mass is 16.4. The molecule has 38 heavy (non-hydrogen) atoms. The van der Waals surface area contributed by atoms with Gasteiger partial charge < -0.3 is 20.8 Å². The Morgan fingerprint density at radius 2 is 1.18 bits per heavy atom. The van der Waals surface area contributed by atoms with Crippen molar-refractivity contribution in [2.24, 2.45) is 63.6 Å². The van der Waals surface area contributed by atoms with Crippen LogP contribution in [-0.2, 0) is 24.0 Å². The van der Waals surface area contributed by atoms with Crippen LogP contribution in [0.5, 0.6) is 0 Å². The number of rotatable bonds is 5. The number of hydrogen-bond acceptors (Lipinski definition) is 5. The van der Waals surface area contributed by atoms with Crippen molar-refractivity contribution in [3.8, 4) is 0 Å². The molecule has 2 spiro atoms. The van der Waals surface area contributed by atoms with Crippen LogP contribution in [0.15, 0.2) is 0 Å². The molecule has 0 aromatic heterocycles. The Labute approximate surface area is 225 Å². The fraction of sp³-hybridized carbons (Fsp3) is 0.828. The van der Waals surface area contributed by atoms with Crippen molar-refractivity contribution in [1.82, 2.24) is 10.6 Å². The Hall–Kier alpha value is -2.45. The largest absolute Gasteiger partial charge is 0.481 e. The van der Waals surface area contributed by atoms with Gasteiger partial charge in [-0.1, -0.05) is 41.5 Å². The van der Waals surface area contributed by atoms with Gasteiger partial charge in [-0.05, 0) is 61.7 Å². The van der Waals surface area contributed by atoms with Crippen molar-refractivity contribution in [3.63, 3.8) is 0 Å². The first-order valence-corrected chi connectivity index (χ1v) is 14.4. The number of carbonyl (C=O) groups excluding carboxylic acids is 3. The number of carbonyl (C=O) groups is 5. The first-order valence-electron chi connectivity index (χ1n) is 14.4. The number of ketones is 1. The summed E-state index contributed by atoms with van der Waals surface area (Å²) in [5.41, 5.74) is -2.34. The predicted octanol–water partition coefficient (Wildman–Crippen LogP) is 3.22. The third-order valence-corrected chi connectivity index (χ3v) is 11.0. The van der Waals surface area contributed by atoms with Gasteiger partial charge in [-0.15, -0.1) is 0 Å². The number of Topliss-reactive ketones (excluding diaryl/α,β-unsaturated/α-hetero) is 1. The zero-order valence-electron chi connectivity index (χ0n) is 24.1. The van der Waals surface area contributed by atoms with Crippen LogP contribution in [0, 0.1) is 63.6 Å². The van der Waals surface area contributed by atoms with Gasteiger partial charge in [-0.2, -0.15) is 0 Å². The molecule has 0 heterocycles. The van der Waals surface area contributed by atoms with Gasteiger partial charge in [-0.25, -0.2) is 0 Å². The third-order valence-electron chi connectivity index (χ3n) is 11.0. The van der Waals surface area contributed by atoms with Gasteiger partial charge in [0.2, 0.25) is 11.8 Å². The first kappa shape index (κ1) is 30.1. The molecule has 2 amide bonds. The summed E-state index contributed by atoms with van der Waals surface area (Å²) in [7, 11) is 1.50. The molecule has 5 rings (SSSR count). The Morgan fingerprint density at radius 1 is 0.789 bits per heavy atom. The predicted molar refractivity (Wildman–Crippen MR) is 141 cm³/mol. The van der Waals surface area contributed by atoms with Gasteiger partial charge in [0.05, 0.1) is 23.7 Å². The summed E-state index contributed by atoms with van der Waals surface area (Å²) in [6.07, 6.45) is 2.01. The molecule has 9 nitrogen and oxygen atoms in total. The van der Waals surface area contributed by atoms with Crippen LogP contribution in [0.4, 0.5) is 0 Å². The van der Waals surface area contributed by atoms with E-state index in [2.05, 4.69) is 10.6 Å². The van der Waals surface area contributed by atoms with E-state index < -0.39 is 63.7 Å². The number of hydrogen-bond donors (Lipinski definition) is 4. The summed E-state index contributed by atoms with van der Waals surface area (Å²) >= 11 is 0. The van der Waals surface area contributed by atoms with Crippen molar-refractivity contribution in [3.05, 3.63) is 0 Å². The minimum absolute atomic E-state index is 0.00722. The van der Waals surface area contributed by atoms with E-state index in [0.29, 0.717) is 32.2 Å². The van der Waals surface area contributed by atoms with Crippen LogP contribution < -0.4 is 10.6 Å². The normalized spacial score (nSPS) is 42.5. The lowest BCUT2D eigenvalue weighted by Crippen LogP contribution is -2.77. The molecule has 4 N–H and O–H groups in total. The number of amides is 2. The Bertz CT molecular complexity index is 1010. The van der Waals surface area contributed by atoms with E-state index in [4.69, 9.17) is 0 Å². The molecule has 10 unspecified atom stereocenters. The summed E-state index contributed by atoms with van der Waals surface area (Å²) in [6.45, 7) is 14.2. The first-order chi connectivity index (χ1) is 17.9. The van der Waals surface area contributed by atoms with Crippen molar-refractivity contribution < 1.29 is 34.2 Å². The quantitative estimate of drug-likeness (QED) is 0.423. The summed E-state index contributed by atoms with van der Waals surface area (Å²) in [5, 5.41) is 25.6. The molecule has 0 aromatic carbocycles. The van der Waals surface area contributed by atoms with Crippen LogP contribution in [-0.4, -0.2) is 53.3 Å². The maximum Gasteiger partial charge on any atom is 0.307 e. The zero-order valence-corrected chi connectivity index (χ0v) is 24.1. The molecule has 5 aliphatic carbocycles. The molecule has 5 aliphatic rings. The van der Waals surface area contributed by atoms with Crippen LogP contribution >= 0.6 is 0 Å². The molecule has 10 atom stereocenters. The second-order valence-electron chi connectivity index (χ2n) is 11.8. The van der Waals surface area contributed by atoms with Gasteiger partial charge in [0, 0.05) is 24.4 Å². The average molecular weight is 535 g/mol. The molecule has 214 valence electrons. The van der Waals surface area contributed by atoms with E-state index >= 15 is 0 Å². The molecule has 0 radical (unpaired) electrons. The fourth-order valence-corrected chi connectivity index (χ4v) is 10.0.